The van der Waals surface area contributed by atoms with Crippen molar-refractivity contribution in [1.82, 2.24) is 0 Å². The fourth-order valence-electron chi connectivity index (χ4n) is 1.28. The summed E-state index contributed by atoms with van der Waals surface area (Å²) in [4.78, 5) is 0. The van der Waals surface area contributed by atoms with E-state index in [-0.39, 0.29) is 12.7 Å². The summed E-state index contributed by atoms with van der Waals surface area (Å²) in [6.45, 7) is 1.57. The van der Waals surface area contributed by atoms with Gasteiger partial charge < -0.3 is 20.1 Å². The van der Waals surface area contributed by atoms with Gasteiger partial charge in [0.05, 0.1) is 24.9 Å². The highest BCUT2D eigenvalue weighted by atomic mass is 16.5. The maximum Gasteiger partial charge on any atom is 0.106 e. The predicted octanol–water partition coefficient (Wildman–Crippen LogP) is -1.12. The molecule has 1 aliphatic heterocycles. The van der Waals surface area contributed by atoms with Gasteiger partial charge in [-0.1, -0.05) is 0 Å². The van der Waals surface area contributed by atoms with Crippen molar-refractivity contribution in [2.75, 3.05) is 6.61 Å². The number of aliphatic hydroxyl groups excluding tert-OH is 3. The monoisotopic (exact) mass is 162 g/mol. The molecule has 1 saturated heterocycles. The summed E-state index contributed by atoms with van der Waals surface area (Å²) < 4.78 is 5.16. The van der Waals surface area contributed by atoms with Gasteiger partial charge in [-0.3, -0.25) is 0 Å². The molecular weight excluding hydrogens is 148 g/mol. The Labute approximate surface area is 65.4 Å². The minimum absolute atomic E-state index is 0.103. The van der Waals surface area contributed by atoms with Crippen LogP contribution in [0.1, 0.15) is 13.3 Å². The molecule has 1 fully saturated rings. The lowest BCUT2D eigenvalue weighted by Crippen LogP contribution is -2.47. The van der Waals surface area contributed by atoms with Crippen LogP contribution in [0.25, 0.3) is 0 Å². The summed E-state index contributed by atoms with van der Waals surface area (Å²) in [7, 11) is 0. The van der Waals surface area contributed by atoms with Gasteiger partial charge in [-0.25, -0.2) is 0 Å². The maximum atomic E-state index is 9.21. The zero-order valence-electron chi connectivity index (χ0n) is 6.47. The van der Waals surface area contributed by atoms with E-state index in [1.807, 2.05) is 0 Å². The minimum Gasteiger partial charge on any atom is -0.394 e. The van der Waals surface area contributed by atoms with Crippen LogP contribution in [-0.2, 0) is 4.74 Å². The largest absolute Gasteiger partial charge is 0.394 e. The first kappa shape index (κ1) is 8.93. The van der Waals surface area contributed by atoms with E-state index in [1.165, 1.54) is 0 Å². The summed E-state index contributed by atoms with van der Waals surface area (Å²) in [6.07, 6.45) is -2.00. The minimum atomic E-state index is -0.821. The smallest absolute Gasteiger partial charge is 0.106 e. The molecule has 0 radical (unpaired) electrons. The van der Waals surface area contributed by atoms with Crippen LogP contribution in [0.3, 0.4) is 0 Å². The molecule has 0 aromatic rings. The number of hydrogen-bond donors (Lipinski definition) is 3. The molecule has 66 valence electrons. The van der Waals surface area contributed by atoms with Crippen molar-refractivity contribution in [2.45, 2.75) is 37.8 Å². The zero-order chi connectivity index (χ0) is 8.43. The van der Waals surface area contributed by atoms with Gasteiger partial charge in [0.25, 0.3) is 0 Å². The Hall–Kier alpha value is -0.160. The molecule has 4 nitrogen and oxygen atoms in total. The van der Waals surface area contributed by atoms with E-state index < -0.39 is 18.3 Å². The van der Waals surface area contributed by atoms with Gasteiger partial charge in [0, 0.05) is 6.42 Å². The quantitative estimate of drug-likeness (QED) is 0.456. The fourth-order valence-corrected chi connectivity index (χ4v) is 1.28. The van der Waals surface area contributed by atoms with Crippen molar-refractivity contribution in [3.05, 3.63) is 0 Å². The Kier molecular flexibility index (Phi) is 2.84. The third kappa shape index (κ3) is 1.90. The van der Waals surface area contributed by atoms with Gasteiger partial charge in [-0.05, 0) is 6.92 Å². The third-order valence-corrected chi connectivity index (χ3v) is 1.99. The molecule has 0 aliphatic carbocycles. The highest BCUT2D eigenvalue weighted by Crippen LogP contribution is 2.19. The van der Waals surface area contributed by atoms with Crippen LogP contribution >= 0.6 is 0 Å². The lowest BCUT2D eigenvalue weighted by atomic mass is 9.99. The van der Waals surface area contributed by atoms with Crippen LogP contribution in [0.15, 0.2) is 0 Å². The van der Waals surface area contributed by atoms with Crippen LogP contribution in [0.5, 0.6) is 0 Å². The van der Waals surface area contributed by atoms with Crippen molar-refractivity contribution < 1.29 is 20.1 Å². The highest BCUT2D eigenvalue weighted by Gasteiger charge is 2.33. The lowest BCUT2D eigenvalue weighted by Gasteiger charge is -2.34. The zero-order valence-corrected chi connectivity index (χ0v) is 6.47. The lowest BCUT2D eigenvalue weighted by molar-refractivity contribution is -0.170. The molecule has 1 rings (SSSR count). The van der Waals surface area contributed by atoms with Crippen LogP contribution < -0.4 is 0 Å². The van der Waals surface area contributed by atoms with Crippen LogP contribution in [-0.4, -0.2) is 46.3 Å². The van der Waals surface area contributed by atoms with Crippen molar-refractivity contribution >= 4 is 0 Å². The first-order chi connectivity index (χ1) is 5.15. The molecule has 0 amide bonds. The Morgan fingerprint density at radius 2 is 2.09 bits per heavy atom. The molecule has 11 heavy (non-hydrogen) atoms. The summed E-state index contributed by atoms with van der Waals surface area (Å²) in [5.41, 5.74) is 0. The molecule has 3 N–H and O–H groups in total. The summed E-state index contributed by atoms with van der Waals surface area (Å²) in [6, 6.07) is 0. The molecule has 4 atom stereocenters. The standard InChI is InChI=1S/C7H14O4/c1-4-7(10)6(9)2-5(3-8)11-4/h4-10H,2-3H2,1H3/t4-,5?,6-,7?/m0/s1. The molecule has 0 aromatic carbocycles. The summed E-state index contributed by atoms with van der Waals surface area (Å²) in [5, 5.41) is 27.1. The van der Waals surface area contributed by atoms with E-state index in [0.29, 0.717) is 6.42 Å². The second-order valence-electron chi connectivity index (χ2n) is 2.94. The molecule has 0 saturated carbocycles. The van der Waals surface area contributed by atoms with Crippen LogP contribution in [0, 0.1) is 0 Å². The fraction of sp³-hybridized carbons (Fsp3) is 1.00. The van der Waals surface area contributed by atoms with Gasteiger partial charge in [0.15, 0.2) is 0 Å². The topological polar surface area (TPSA) is 69.9 Å². The second-order valence-corrected chi connectivity index (χ2v) is 2.94. The Balaban J connectivity index is 2.47. The van der Waals surface area contributed by atoms with E-state index in [2.05, 4.69) is 0 Å². The first-order valence-corrected chi connectivity index (χ1v) is 3.77. The SMILES string of the molecule is C[C@@H]1OC(CO)C[C@H](O)C1O. The molecular formula is C7H14O4. The number of rotatable bonds is 1. The molecule has 0 bridgehead atoms. The van der Waals surface area contributed by atoms with E-state index >= 15 is 0 Å². The average Bonchev–Trinajstić information content (AvgIpc) is 1.99. The first-order valence-electron chi connectivity index (χ1n) is 3.77. The number of aliphatic hydroxyl groups is 3. The Bertz CT molecular complexity index is 116. The maximum absolute atomic E-state index is 9.21. The second kappa shape index (κ2) is 3.49. The molecule has 0 spiro atoms. The highest BCUT2D eigenvalue weighted by molar-refractivity contribution is 4.82. The summed E-state index contributed by atoms with van der Waals surface area (Å²) in [5.74, 6) is 0. The molecule has 1 heterocycles. The van der Waals surface area contributed by atoms with Crippen molar-refractivity contribution in [2.24, 2.45) is 0 Å². The molecule has 2 unspecified atom stereocenters. The normalized spacial score (nSPS) is 45.8. The molecule has 4 heteroatoms. The van der Waals surface area contributed by atoms with E-state index in [4.69, 9.17) is 9.84 Å². The van der Waals surface area contributed by atoms with E-state index in [9.17, 15) is 10.2 Å². The predicted molar refractivity (Wildman–Crippen MR) is 38.1 cm³/mol. The number of ether oxygens (including phenoxy) is 1. The van der Waals surface area contributed by atoms with Gasteiger partial charge in [0.2, 0.25) is 0 Å². The van der Waals surface area contributed by atoms with Crippen molar-refractivity contribution in [1.29, 1.82) is 0 Å². The van der Waals surface area contributed by atoms with Crippen molar-refractivity contribution in [3.8, 4) is 0 Å². The van der Waals surface area contributed by atoms with E-state index in [0.717, 1.165) is 0 Å². The molecule has 0 aromatic heterocycles. The number of hydrogen-bond acceptors (Lipinski definition) is 4. The summed E-state index contributed by atoms with van der Waals surface area (Å²) >= 11 is 0. The van der Waals surface area contributed by atoms with Gasteiger partial charge in [-0.2, -0.15) is 0 Å². The van der Waals surface area contributed by atoms with Gasteiger partial charge >= 0.3 is 0 Å². The third-order valence-electron chi connectivity index (χ3n) is 1.99. The average molecular weight is 162 g/mol. The van der Waals surface area contributed by atoms with Crippen LogP contribution in [0.4, 0.5) is 0 Å². The van der Waals surface area contributed by atoms with Crippen LogP contribution in [0.2, 0.25) is 0 Å². The Morgan fingerprint density at radius 3 is 2.55 bits per heavy atom. The van der Waals surface area contributed by atoms with Crippen molar-refractivity contribution in [3.63, 3.8) is 0 Å². The Morgan fingerprint density at radius 1 is 1.45 bits per heavy atom. The molecule has 1 aliphatic rings. The van der Waals surface area contributed by atoms with E-state index in [1.54, 1.807) is 6.92 Å². The van der Waals surface area contributed by atoms with Gasteiger partial charge in [0.1, 0.15) is 6.10 Å². The van der Waals surface area contributed by atoms with Gasteiger partial charge in [-0.15, -0.1) is 0 Å².